The van der Waals surface area contributed by atoms with E-state index in [9.17, 15) is 9.59 Å². The fraction of sp³-hybridized carbons (Fsp3) is 0.619. The minimum Gasteiger partial charge on any atom is -0.467 e. The maximum atomic E-state index is 12.9. The molecule has 0 N–H and O–H groups in total. The zero-order chi connectivity index (χ0) is 20.7. The van der Waals surface area contributed by atoms with Gasteiger partial charge in [-0.2, -0.15) is 0 Å². The van der Waals surface area contributed by atoms with E-state index in [2.05, 4.69) is 4.90 Å². The van der Waals surface area contributed by atoms with Gasteiger partial charge in [0, 0.05) is 36.3 Å². The molecule has 6 nitrogen and oxygen atoms in total. The smallest absolute Gasteiger partial charge is 0.411 e. The summed E-state index contributed by atoms with van der Waals surface area (Å²) in [4.78, 5) is 29.3. The van der Waals surface area contributed by atoms with Gasteiger partial charge in [0.2, 0.25) is 0 Å². The van der Waals surface area contributed by atoms with E-state index in [1.807, 2.05) is 39.0 Å². The van der Waals surface area contributed by atoms with E-state index in [-0.39, 0.29) is 6.04 Å². The standard InChI is InChI=1S/C21H29ClN2O4/c1-20(2,3)28-19(26)24-13-16(12-21(24,4)18(25)27-5)23-10-6-7-14-11-15(22)8-9-17(14)23/h8-9,11,16H,6-7,10,12-13H2,1-5H3/t16?,21-/m0/s1. The Balaban J connectivity index is 1.91. The van der Waals surface area contributed by atoms with Crippen molar-refractivity contribution >= 4 is 29.4 Å². The van der Waals surface area contributed by atoms with Gasteiger partial charge < -0.3 is 14.4 Å². The van der Waals surface area contributed by atoms with Crippen molar-refractivity contribution in [3.8, 4) is 0 Å². The van der Waals surface area contributed by atoms with E-state index in [0.29, 0.717) is 13.0 Å². The zero-order valence-electron chi connectivity index (χ0n) is 17.3. The predicted octanol–water partition coefficient (Wildman–Crippen LogP) is 4.03. The number of carbonyl (C=O) groups is 2. The monoisotopic (exact) mass is 408 g/mol. The van der Waals surface area contributed by atoms with E-state index >= 15 is 0 Å². The minimum absolute atomic E-state index is 0.00292. The Morgan fingerprint density at radius 2 is 2.00 bits per heavy atom. The van der Waals surface area contributed by atoms with Crippen molar-refractivity contribution < 1.29 is 19.1 Å². The summed E-state index contributed by atoms with van der Waals surface area (Å²) >= 11 is 6.17. The van der Waals surface area contributed by atoms with Crippen molar-refractivity contribution in [2.45, 2.75) is 64.1 Å². The molecule has 2 aliphatic rings. The third-order valence-electron chi connectivity index (χ3n) is 5.50. The van der Waals surface area contributed by atoms with Gasteiger partial charge in [-0.25, -0.2) is 9.59 Å². The fourth-order valence-electron chi connectivity index (χ4n) is 4.24. The fourth-order valence-corrected chi connectivity index (χ4v) is 4.43. The number of fused-ring (bicyclic) bond motifs is 1. The number of esters is 1. The van der Waals surface area contributed by atoms with Crippen LogP contribution in [-0.2, 0) is 20.7 Å². The summed E-state index contributed by atoms with van der Waals surface area (Å²) < 4.78 is 10.6. The van der Waals surface area contributed by atoms with E-state index in [1.165, 1.54) is 17.6 Å². The van der Waals surface area contributed by atoms with E-state index in [4.69, 9.17) is 21.1 Å². The number of aryl methyl sites for hydroxylation is 1. The molecule has 2 aliphatic heterocycles. The van der Waals surface area contributed by atoms with Gasteiger partial charge in [-0.05, 0) is 64.3 Å². The first-order valence-electron chi connectivity index (χ1n) is 9.69. The summed E-state index contributed by atoms with van der Waals surface area (Å²) in [7, 11) is 1.35. The number of carbonyl (C=O) groups excluding carboxylic acids is 2. The molecule has 7 heteroatoms. The third kappa shape index (κ3) is 3.93. The van der Waals surface area contributed by atoms with Gasteiger partial charge in [-0.15, -0.1) is 0 Å². The Kier molecular flexibility index (Phi) is 5.54. The van der Waals surface area contributed by atoms with Gasteiger partial charge in [0.25, 0.3) is 0 Å². The third-order valence-corrected chi connectivity index (χ3v) is 5.73. The highest BCUT2D eigenvalue weighted by molar-refractivity contribution is 6.30. The molecule has 28 heavy (non-hydrogen) atoms. The van der Waals surface area contributed by atoms with E-state index < -0.39 is 23.2 Å². The predicted molar refractivity (Wildman–Crippen MR) is 109 cm³/mol. The molecular weight excluding hydrogens is 380 g/mol. The van der Waals surface area contributed by atoms with Crippen LogP contribution in [0, 0.1) is 0 Å². The first kappa shape index (κ1) is 20.8. The quantitative estimate of drug-likeness (QED) is 0.691. The van der Waals surface area contributed by atoms with Crippen molar-refractivity contribution in [2.24, 2.45) is 0 Å². The summed E-state index contributed by atoms with van der Waals surface area (Å²) in [6.45, 7) is 8.49. The van der Waals surface area contributed by atoms with Crippen LogP contribution >= 0.6 is 11.6 Å². The number of nitrogens with zero attached hydrogens (tertiary/aromatic N) is 2. The van der Waals surface area contributed by atoms with Gasteiger partial charge in [0.15, 0.2) is 0 Å². The van der Waals surface area contributed by atoms with Crippen LogP contribution in [0.4, 0.5) is 10.5 Å². The van der Waals surface area contributed by atoms with Crippen molar-refractivity contribution in [1.82, 2.24) is 4.90 Å². The highest BCUT2D eigenvalue weighted by Crippen LogP contribution is 2.39. The molecule has 0 radical (unpaired) electrons. The number of methoxy groups -OCH3 is 1. The van der Waals surface area contributed by atoms with Gasteiger partial charge in [-0.3, -0.25) is 4.90 Å². The Morgan fingerprint density at radius 3 is 2.64 bits per heavy atom. The summed E-state index contributed by atoms with van der Waals surface area (Å²) in [5, 5.41) is 0.724. The molecule has 0 aliphatic carbocycles. The summed E-state index contributed by atoms with van der Waals surface area (Å²) in [6, 6.07) is 5.92. The van der Waals surface area contributed by atoms with E-state index in [1.54, 1.807) is 6.92 Å². The van der Waals surface area contributed by atoms with Crippen LogP contribution in [-0.4, -0.2) is 54.3 Å². The van der Waals surface area contributed by atoms with Gasteiger partial charge in [0.1, 0.15) is 11.1 Å². The topological polar surface area (TPSA) is 59.1 Å². The second kappa shape index (κ2) is 7.47. The average Bonchev–Trinajstić information content (AvgIpc) is 2.97. The van der Waals surface area contributed by atoms with Crippen LogP contribution in [0.15, 0.2) is 18.2 Å². The molecule has 154 valence electrons. The van der Waals surface area contributed by atoms with Gasteiger partial charge in [-0.1, -0.05) is 11.6 Å². The molecule has 0 spiro atoms. The SMILES string of the molecule is COC(=O)[C@]1(C)CC(N2CCCc3cc(Cl)ccc32)CN1C(=O)OC(C)(C)C. The molecule has 0 aromatic heterocycles. The molecule has 0 bridgehead atoms. The molecule has 1 amide bonds. The number of rotatable bonds is 2. The second-order valence-corrected chi connectivity index (χ2v) is 9.22. The number of ether oxygens (including phenoxy) is 2. The van der Waals surface area contributed by atoms with Crippen molar-refractivity contribution in [3.63, 3.8) is 0 Å². The average molecular weight is 409 g/mol. The number of amides is 1. The van der Waals surface area contributed by atoms with Crippen molar-refractivity contribution in [1.29, 1.82) is 0 Å². The number of anilines is 1. The van der Waals surface area contributed by atoms with Crippen LogP contribution in [0.5, 0.6) is 0 Å². The molecule has 1 aromatic rings. The molecule has 1 aromatic carbocycles. The van der Waals surface area contributed by atoms with Crippen molar-refractivity contribution in [3.05, 3.63) is 28.8 Å². The Hall–Kier alpha value is -1.95. The van der Waals surface area contributed by atoms with E-state index in [0.717, 1.165) is 30.1 Å². The number of hydrogen-bond donors (Lipinski definition) is 0. The first-order valence-corrected chi connectivity index (χ1v) is 10.1. The van der Waals surface area contributed by atoms with Crippen LogP contribution in [0.3, 0.4) is 0 Å². The highest BCUT2D eigenvalue weighted by Gasteiger charge is 2.53. The minimum atomic E-state index is -1.06. The second-order valence-electron chi connectivity index (χ2n) is 8.78. The Morgan fingerprint density at radius 1 is 1.29 bits per heavy atom. The van der Waals surface area contributed by atoms with Crippen LogP contribution in [0.2, 0.25) is 5.02 Å². The summed E-state index contributed by atoms with van der Waals surface area (Å²) in [5.74, 6) is -0.422. The first-order chi connectivity index (χ1) is 13.0. The number of benzene rings is 1. The lowest BCUT2D eigenvalue weighted by Gasteiger charge is -2.36. The Labute approximate surface area is 171 Å². The molecule has 1 fully saturated rings. The number of hydrogen-bond acceptors (Lipinski definition) is 5. The highest BCUT2D eigenvalue weighted by atomic mass is 35.5. The van der Waals surface area contributed by atoms with Crippen LogP contribution < -0.4 is 4.90 Å². The lowest BCUT2D eigenvalue weighted by atomic mass is 9.94. The Bertz CT molecular complexity index is 776. The molecule has 3 rings (SSSR count). The van der Waals surface area contributed by atoms with Crippen LogP contribution in [0.25, 0.3) is 0 Å². The van der Waals surface area contributed by atoms with Gasteiger partial charge in [0.05, 0.1) is 7.11 Å². The number of likely N-dealkylation sites (tertiary alicyclic amines) is 1. The molecule has 1 unspecified atom stereocenters. The summed E-state index contributed by atoms with van der Waals surface area (Å²) in [6.07, 6.45) is 1.98. The molecule has 0 saturated carbocycles. The molecule has 2 heterocycles. The maximum absolute atomic E-state index is 12.9. The lowest BCUT2D eigenvalue weighted by Crippen LogP contribution is -2.52. The van der Waals surface area contributed by atoms with Crippen molar-refractivity contribution in [2.75, 3.05) is 25.1 Å². The number of halogens is 1. The van der Waals surface area contributed by atoms with Gasteiger partial charge >= 0.3 is 12.1 Å². The molecular formula is C21H29ClN2O4. The largest absolute Gasteiger partial charge is 0.467 e. The lowest BCUT2D eigenvalue weighted by molar-refractivity contribution is -0.152. The summed E-state index contributed by atoms with van der Waals surface area (Å²) in [5.41, 5.74) is 0.625. The molecule has 1 saturated heterocycles. The molecule has 2 atom stereocenters. The maximum Gasteiger partial charge on any atom is 0.411 e. The zero-order valence-corrected chi connectivity index (χ0v) is 18.0. The van der Waals surface area contributed by atoms with Crippen LogP contribution in [0.1, 0.15) is 46.1 Å². The normalized spacial score (nSPS) is 24.7.